The number of nitrogens with one attached hydrogen (secondary N) is 1. The van der Waals surface area contributed by atoms with Gasteiger partial charge in [-0.1, -0.05) is 29.3 Å². The van der Waals surface area contributed by atoms with Crippen LogP contribution in [0.4, 0.5) is 4.39 Å². The monoisotopic (exact) mass is 399 g/mol. The molecule has 138 valence electrons. The summed E-state index contributed by atoms with van der Waals surface area (Å²) in [5.74, 6) is -1.30. The molecule has 0 saturated carbocycles. The highest BCUT2D eigenvalue weighted by atomic mass is 35.5. The number of esters is 1. The smallest absolute Gasteiger partial charge is 0.347 e. The van der Waals surface area contributed by atoms with Gasteiger partial charge in [0.25, 0.3) is 5.91 Å². The molecule has 0 bridgehead atoms. The van der Waals surface area contributed by atoms with E-state index in [2.05, 4.69) is 5.32 Å². The molecule has 2 aromatic carbocycles. The van der Waals surface area contributed by atoms with Crippen LogP contribution in [-0.4, -0.2) is 24.6 Å². The molecule has 8 heteroatoms. The van der Waals surface area contributed by atoms with E-state index in [1.54, 1.807) is 18.2 Å². The van der Waals surface area contributed by atoms with E-state index in [1.807, 2.05) is 0 Å². The molecule has 0 saturated heterocycles. The Morgan fingerprint density at radius 1 is 1.15 bits per heavy atom. The maximum Gasteiger partial charge on any atom is 0.347 e. The van der Waals surface area contributed by atoms with E-state index in [1.165, 1.54) is 31.2 Å². The summed E-state index contributed by atoms with van der Waals surface area (Å²) in [5, 5.41) is 3.50. The Balaban J connectivity index is 1.75. The van der Waals surface area contributed by atoms with Crippen molar-refractivity contribution in [1.29, 1.82) is 0 Å². The summed E-state index contributed by atoms with van der Waals surface area (Å²) in [7, 11) is 0. The van der Waals surface area contributed by atoms with Crippen molar-refractivity contribution in [2.75, 3.05) is 6.61 Å². The summed E-state index contributed by atoms with van der Waals surface area (Å²) in [5.41, 5.74) is 0.684. The Kier molecular flexibility index (Phi) is 7.24. The largest absolute Gasteiger partial charge is 0.479 e. The van der Waals surface area contributed by atoms with E-state index >= 15 is 0 Å². The normalized spacial score (nSPS) is 11.5. The second-order valence-electron chi connectivity index (χ2n) is 5.33. The number of hydrogen-bond donors (Lipinski definition) is 1. The van der Waals surface area contributed by atoms with Crippen molar-refractivity contribution in [2.24, 2.45) is 0 Å². The lowest BCUT2D eigenvalue weighted by Gasteiger charge is -2.14. The van der Waals surface area contributed by atoms with Crippen LogP contribution in [0, 0.1) is 5.82 Å². The zero-order valence-electron chi connectivity index (χ0n) is 13.8. The third kappa shape index (κ3) is 6.20. The van der Waals surface area contributed by atoms with Gasteiger partial charge in [-0.25, -0.2) is 9.18 Å². The quantitative estimate of drug-likeness (QED) is 0.719. The Hall–Kier alpha value is -2.31. The topological polar surface area (TPSA) is 64.6 Å². The van der Waals surface area contributed by atoms with Gasteiger partial charge in [0, 0.05) is 16.6 Å². The molecule has 26 heavy (non-hydrogen) atoms. The van der Waals surface area contributed by atoms with Crippen LogP contribution < -0.4 is 10.1 Å². The molecule has 1 atom stereocenters. The first kappa shape index (κ1) is 20.0. The standard InChI is InChI=1S/C18H16Cl2FNO4/c1-11(26-15-6-4-14(21)5-7-15)18(24)25-10-17(23)22-9-12-2-3-13(19)8-16(12)20/h2-8,11H,9-10H2,1H3,(H,22,23)/t11-/m0/s1. The van der Waals surface area contributed by atoms with Crippen LogP contribution in [0.25, 0.3) is 0 Å². The number of amides is 1. The summed E-state index contributed by atoms with van der Waals surface area (Å²) in [4.78, 5) is 23.6. The van der Waals surface area contributed by atoms with Crippen molar-refractivity contribution in [3.8, 4) is 5.75 Å². The van der Waals surface area contributed by atoms with Crippen molar-refractivity contribution < 1.29 is 23.5 Å². The van der Waals surface area contributed by atoms with Gasteiger partial charge >= 0.3 is 5.97 Å². The first-order valence-electron chi connectivity index (χ1n) is 7.64. The van der Waals surface area contributed by atoms with Crippen molar-refractivity contribution in [3.63, 3.8) is 0 Å². The van der Waals surface area contributed by atoms with Gasteiger partial charge in [0.2, 0.25) is 0 Å². The van der Waals surface area contributed by atoms with E-state index in [0.29, 0.717) is 21.4 Å². The van der Waals surface area contributed by atoms with E-state index in [0.717, 1.165) is 0 Å². The van der Waals surface area contributed by atoms with Crippen LogP contribution in [0.3, 0.4) is 0 Å². The second kappa shape index (κ2) is 9.40. The Labute approximate surface area is 160 Å². The van der Waals surface area contributed by atoms with Crippen LogP contribution >= 0.6 is 23.2 Å². The van der Waals surface area contributed by atoms with E-state index in [9.17, 15) is 14.0 Å². The molecule has 0 heterocycles. The Bertz CT molecular complexity index is 783. The SMILES string of the molecule is C[C@H](Oc1ccc(F)cc1)C(=O)OCC(=O)NCc1ccc(Cl)cc1Cl. The van der Waals surface area contributed by atoms with E-state index < -0.39 is 30.4 Å². The number of benzene rings is 2. The van der Waals surface area contributed by atoms with Gasteiger partial charge in [-0.05, 0) is 48.9 Å². The molecule has 1 amide bonds. The number of rotatable bonds is 7. The summed E-state index contributed by atoms with van der Waals surface area (Å²) in [6.45, 7) is 1.19. The minimum atomic E-state index is -0.945. The molecule has 2 aromatic rings. The molecular weight excluding hydrogens is 384 g/mol. The predicted molar refractivity (Wildman–Crippen MR) is 95.8 cm³/mol. The highest BCUT2D eigenvalue weighted by molar-refractivity contribution is 6.35. The lowest BCUT2D eigenvalue weighted by Crippen LogP contribution is -2.32. The van der Waals surface area contributed by atoms with Crippen LogP contribution in [0.1, 0.15) is 12.5 Å². The fraction of sp³-hybridized carbons (Fsp3) is 0.222. The fourth-order valence-electron chi connectivity index (χ4n) is 1.93. The number of carbonyl (C=O) groups excluding carboxylic acids is 2. The van der Waals surface area contributed by atoms with Crippen molar-refractivity contribution in [2.45, 2.75) is 19.6 Å². The maximum absolute atomic E-state index is 12.8. The molecule has 0 aliphatic heterocycles. The zero-order valence-corrected chi connectivity index (χ0v) is 15.3. The van der Waals surface area contributed by atoms with Crippen molar-refractivity contribution in [3.05, 3.63) is 63.9 Å². The van der Waals surface area contributed by atoms with Gasteiger partial charge in [0.1, 0.15) is 11.6 Å². The maximum atomic E-state index is 12.8. The first-order valence-corrected chi connectivity index (χ1v) is 8.40. The fourth-order valence-corrected chi connectivity index (χ4v) is 2.40. The van der Waals surface area contributed by atoms with Crippen LogP contribution in [-0.2, 0) is 20.9 Å². The molecule has 0 aromatic heterocycles. The minimum absolute atomic E-state index is 0.175. The highest BCUT2D eigenvalue weighted by Gasteiger charge is 2.18. The van der Waals surface area contributed by atoms with E-state index in [-0.39, 0.29) is 6.54 Å². The van der Waals surface area contributed by atoms with Gasteiger partial charge < -0.3 is 14.8 Å². The third-order valence-electron chi connectivity index (χ3n) is 3.30. The number of ether oxygens (including phenoxy) is 2. The average molecular weight is 400 g/mol. The van der Waals surface area contributed by atoms with Gasteiger partial charge in [0.15, 0.2) is 12.7 Å². The summed E-state index contributed by atoms with van der Waals surface area (Å²) in [6, 6.07) is 10.1. The van der Waals surface area contributed by atoms with Gasteiger partial charge in [0.05, 0.1) is 0 Å². The molecule has 0 fully saturated rings. The first-order chi connectivity index (χ1) is 12.3. The molecule has 0 spiro atoms. The zero-order chi connectivity index (χ0) is 19.1. The predicted octanol–water partition coefficient (Wildman–Crippen LogP) is 3.76. The van der Waals surface area contributed by atoms with Crippen molar-refractivity contribution >= 4 is 35.1 Å². The molecular formula is C18H16Cl2FNO4. The Morgan fingerprint density at radius 2 is 1.85 bits per heavy atom. The van der Waals surface area contributed by atoms with Gasteiger partial charge in [-0.15, -0.1) is 0 Å². The lowest BCUT2D eigenvalue weighted by atomic mass is 10.2. The summed E-state index contributed by atoms with van der Waals surface area (Å²) < 4.78 is 23.0. The van der Waals surface area contributed by atoms with Crippen LogP contribution in [0.15, 0.2) is 42.5 Å². The highest BCUT2D eigenvalue weighted by Crippen LogP contribution is 2.20. The summed E-state index contributed by atoms with van der Waals surface area (Å²) in [6.07, 6.45) is -0.945. The Morgan fingerprint density at radius 3 is 2.50 bits per heavy atom. The number of halogens is 3. The van der Waals surface area contributed by atoms with Gasteiger partial charge in [-0.3, -0.25) is 4.79 Å². The summed E-state index contributed by atoms with van der Waals surface area (Å²) >= 11 is 11.8. The number of carbonyl (C=O) groups is 2. The van der Waals surface area contributed by atoms with Crippen LogP contribution in [0.2, 0.25) is 10.0 Å². The lowest BCUT2D eigenvalue weighted by molar-refractivity contribution is -0.154. The minimum Gasteiger partial charge on any atom is -0.479 e. The molecule has 0 aliphatic rings. The molecule has 5 nitrogen and oxygen atoms in total. The molecule has 2 rings (SSSR count). The van der Waals surface area contributed by atoms with Gasteiger partial charge in [-0.2, -0.15) is 0 Å². The molecule has 1 N–H and O–H groups in total. The van der Waals surface area contributed by atoms with E-state index in [4.69, 9.17) is 32.7 Å². The van der Waals surface area contributed by atoms with Crippen molar-refractivity contribution in [1.82, 2.24) is 5.32 Å². The van der Waals surface area contributed by atoms with Crippen LogP contribution in [0.5, 0.6) is 5.75 Å². The third-order valence-corrected chi connectivity index (χ3v) is 3.88. The average Bonchev–Trinajstić information content (AvgIpc) is 2.60. The molecule has 0 radical (unpaired) electrons. The molecule has 0 aliphatic carbocycles. The number of hydrogen-bond acceptors (Lipinski definition) is 4. The second-order valence-corrected chi connectivity index (χ2v) is 6.18. The molecule has 0 unspecified atom stereocenters.